The van der Waals surface area contributed by atoms with Crippen LogP contribution in [0.5, 0.6) is 0 Å². The number of carbonyl (C=O) groups is 1. The van der Waals surface area contributed by atoms with Crippen LogP contribution >= 0.6 is 0 Å². The zero-order valence-electron chi connectivity index (χ0n) is 34.9. The first-order valence-corrected chi connectivity index (χ1v) is 21.6. The summed E-state index contributed by atoms with van der Waals surface area (Å²) in [5, 5.41) is 119. The van der Waals surface area contributed by atoms with E-state index in [1.165, 1.54) is 6.42 Å². The Morgan fingerprint density at radius 1 is 0.583 bits per heavy atom. The third-order valence-electron chi connectivity index (χ3n) is 11.0. The van der Waals surface area contributed by atoms with Crippen molar-refractivity contribution in [3.63, 3.8) is 0 Å². The number of rotatable bonds is 27. The molecule has 0 aromatic heterocycles. The predicted octanol–water partition coefficient (Wildman–Crippen LogP) is -1.48. The van der Waals surface area contributed by atoms with E-state index in [9.17, 15) is 61.0 Å². The highest BCUT2D eigenvalue weighted by Gasteiger charge is 2.53. The van der Waals surface area contributed by atoms with Crippen molar-refractivity contribution >= 4 is 5.91 Å². The number of carbonyl (C=O) groups excluding carboxylic acids is 1. The molecule has 17 atom stereocenters. The minimum absolute atomic E-state index is 0.232. The van der Waals surface area contributed by atoms with Crippen LogP contribution in [0.3, 0.4) is 0 Å². The average molecular weight is 868 g/mol. The van der Waals surface area contributed by atoms with Gasteiger partial charge in [-0.2, -0.15) is 0 Å². The molecule has 60 heavy (non-hydrogen) atoms. The van der Waals surface area contributed by atoms with Crippen molar-refractivity contribution in [2.24, 2.45) is 0 Å². The number of nitrogens with one attached hydrogen (secondary N) is 1. The van der Waals surface area contributed by atoms with E-state index in [1.807, 2.05) is 0 Å². The zero-order valence-corrected chi connectivity index (χ0v) is 34.9. The number of amides is 1. The first-order chi connectivity index (χ1) is 28.8. The van der Waals surface area contributed by atoms with E-state index in [0.29, 0.717) is 12.8 Å². The Hall–Kier alpha value is -1.73. The Morgan fingerprint density at radius 3 is 1.67 bits per heavy atom. The lowest BCUT2D eigenvalue weighted by Crippen LogP contribution is -2.66. The summed E-state index contributed by atoms with van der Waals surface area (Å²) in [4.78, 5) is 12.9. The summed E-state index contributed by atoms with van der Waals surface area (Å²) < 4.78 is 33.8. The third-order valence-corrected chi connectivity index (χ3v) is 11.0. The second kappa shape index (κ2) is 28.1. The van der Waals surface area contributed by atoms with Gasteiger partial charge in [-0.1, -0.05) is 83.1 Å². The molecule has 3 rings (SSSR count). The molecule has 3 fully saturated rings. The van der Waals surface area contributed by atoms with E-state index in [1.54, 1.807) is 12.2 Å². The Bertz CT molecular complexity index is 1230. The molecule has 19 heteroatoms. The third kappa shape index (κ3) is 15.8. The monoisotopic (exact) mass is 867 g/mol. The van der Waals surface area contributed by atoms with Gasteiger partial charge in [0.25, 0.3) is 0 Å². The van der Waals surface area contributed by atoms with Gasteiger partial charge in [0.05, 0.1) is 38.6 Å². The number of aliphatic hydroxyl groups is 11. The van der Waals surface area contributed by atoms with E-state index in [0.717, 1.165) is 57.8 Å². The van der Waals surface area contributed by atoms with Crippen molar-refractivity contribution in [3.05, 3.63) is 24.3 Å². The van der Waals surface area contributed by atoms with Crippen LogP contribution in [0.1, 0.15) is 97.3 Å². The molecule has 350 valence electrons. The molecule has 17 unspecified atom stereocenters. The van der Waals surface area contributed by atoms with Crippen LogP contribution in [0.15, 0.2) is 24.3 Å². The van der Waals surface area contributed by atoms with Gasteiger partial charge in [-0.3, -0.25) is 4.79 Å². The van der Waals surface area contributed by atoms with Crippen LogP contribution in [-0.4, -0.2) is 193 Å². The lowest BCUT2D eigenvalue weighted by atomic mass is 9.96. The number of allylic oxidation sites excluding steroid dienone is 3. The Balaban J connectivity index is 1.63. The average Bonchev–Trinajstić information content (AvgIpc) is 3.24. The van der Waals surface area contributed by atoms with Crippen molar-refractivity contribution in [2.75, 3.05) is 26.4 Å². The number of unbranched alkanes of at least 4 members (excludes halogenated alkanes) is 9. The maximum Gasteiger partial charge on any atom is 0.220 e. The summed E-state index contributed by atoms with van der Waals surface area (Å²) in [7, 11) is 0. The molecule has 12 N–H and O–H groups in total. The molecule has 3 heterocycles. The van der Waals surface area contributed by atoms with E-state index >= 15 is 0 Å². The van der Waals surface area contributed by atoms with Crippen LogP contribution in [-0.2, 0) is 33.2 Å². The first kappa shape index (κ1) is 52.6. The minimum Gasteiger partial charge on any atom is -0.394 e. The highest BCUT2D eigenvalue weighted by Crippen LogP contribution is 2.32. The van der Waals surface area contributed by atoms with Crippen molar-refractivity contribution < 1.29 is 89.4 Å². The summed E-state index contributed by atoms with van der Waals surface area (Å²) in [6.07, 6.45) is -7.24. The molecule has 3 aliphatic rings. The van der Waals surface area contributed by atoms with E-state index < -0.39 is 124 Å². The smallest absolute Gasteiger partial charge is 0.220 e. The molecule has 1 amide bonds. The maximum absolute atomic E-state index is 12.9. The highest BCUT2D eigenvalue weighted by molar-refractivity contribution is 5.76. The molecular formula is C41H73NO18. The number of ether oxygens (including phenoxy) is 6. The molecule has 0 aromatic rings. The standard InChI is InChI=1S/C41H73NO18/c1-3-5-7-9-11-12-13-14-16-18-25(46)24(42-29(47)19-17-15-10-8-6-4-2)23-55-39-35(53)32(50)37(27(21-44)57-39)60-41-36(54)33(51)38(28(22-45)58-41)59-40-34(52)31(49)30(48)26(20-43)56-40/h11-12,16,18,24-28,30-41,43-46,48-54H,3-10,13-15,17,19-23H2,1-2H3,(H,42,47)/b12-11+,18-16+. The van der Waals surface area contributed by atoms with Gasteiger partial charge < -0.3 is 89.9 Å². The van der Waals surface area contributed by atoms with Crippen molar-refractivity contribution in [1.29, 1.82) is 0 Å². The molecule has 3 saturated heterocycles. The van der Waals surface area contributed by atoms with E-state index in [4.69, 9.17) is 28.4 Å². The molecule has 0 radical (unpaired) electrons. The predicted molar refractivity (Wildman–Crippen MR) is 213 cm³/mol. The Morgan fingerprint density at radius 2 is 1.07 bits per heavy atom. The fraction of sp³-hybridized carbons (Fsp3) is 0.878. The summed E-state index contributed by atoms with van der Waals surface area (Å²) in [5.41, 5.74) is 0. The van der Waals surface area contributed by atoms with Crippen molar-refractivity contribution in [2.45, 2.75) is 202 Å². The first-order valence-electron chi connectivity index (χ1n) is 21.6. The Labute approximate surface area is 352 Å². The molecule has 0 bridgehead atoms. The molecule has 0 aromatic carbocycles. The van der Waals surface area contributed by atoms with Crippen molar-refractivity contribution in [3.8, 4) is 0 Å². The molecular weight excluding hydrogens is 794 g/mol. The summed E-state index contributed by atoms with van der Waals surface area (Å²) >= 11 is 0. The van der Waals surface area contributed by atoms with Gasteiger partial charge in [0, 0.05) is 6.42 Å². The zero-order chi connectivity index (χ0) is 44.2. The SMILES string of the molecule is CCCCC/C=C/CC/C=C/C(O)C(COC1OC(CO)C(OC2OC(CO)C(OC3OC(CO)C(O)C(O)C3O)C(O)C2O)C(O)C1O)NC(=O)CCCCCCCC. The number of hydrogen-bond donors (Lipinski definition) is 12. The largest absolute Gasteiger partial charge is 0.394 e. The van der Waals surface area contributed by atoms with Gasteiger partial charge in [-0.05, 0) is 32.1 Å². The van der Waals surface area contributed by atoms with Gasteiger partial charge in [-0.25, -0.2) is 0 Å². The molecule has 0 spiro atoms. The van der Waals surface area contributed by atoms with Crippen LogP contribution < -0.4 is 5.32 Å². The van der Waals surface area contributed by atoms with Gasteiger partial charge in [0.1, 0.15) is 73.2 Å². The summed E-state index contributed by atoms with van der Waals surface area (Å²) in [6.45, 7) is 1.49. The van der Waals surface area contributed by atoms with E-state index in [2.05, 4.69) is 31.3 Å². The molecule has 0 aliphatic carbocycles. The lowest BCUT2D eigenvalue weighted by Gasteiger charge is -2.48. The van der Waals surface area contributed by atoms with Gasteiger partial charge in [-0.15, -0.1) is 0 Å². The molecule has 3 aliphatic heterocycles. The molecule has 19 nitrogen and oxygen atoms in total. The van der Waals surface area contributed by atoms with Crippen LogP contribution in [0.25, 0.3) is 0 Å². The van der Waals surface area contributed by atoms with Gasteiger partial charge >= 0.3 is 0 Å². The van der Waals surface area contributed by atoms with E-state index in [-0.39, 0.29) is 18.9 Å². The van der Waals surface area contributed by atoms with Crippen LogP contribution in [0.4, 0.5) is 0 Å². The van der Waals surface area contributed by atoms with Gasteiger partial charge in [0.2, 0.25) is 5.91 Å². The fourth-order valence-corrected chi connectivity index (χ4v) is 7.26. The summed E-state index contributed by atoms with van der Waals surface area (Å²) in [5.74, 6) is -0.302. The highest BCUT2D eigenvalue weighted by atomic mass is 16.8. The lowest BCUT2D eigenvalue weighted by molar-refractivity contribution is -0.379. The number of hydrogen-bond acceptors (Lipinski definition) is 18. The Kier molecular flexibility index (Phi) is 24.7. The normalized spacial score (nSPS) is 36.2. The maximum atomic E-state index is 12.9. The topological polar surface area (TPSA) is 307 Å². The number of aliphatic hydroxyl groups excluding tert-OH is 11. The second-order valence-corrected chi connectivity index (χ2v) is 15.8. The fourth-order valence-electron chi connectivity index (χ4n) is 7.26. The quantitative estimate of drug-likeness (QED) is 0.0331. The van der Waals surface area contributed by atoms with Gasteiger partial charge in [0.15, 0.2) is 18.9 Å². The molecule has 0 saturated carbocycles. The van der Waals surface area contributed by atoms with Crippen molar-refractivity contribution in [1.82, 2.24) is 5.32 Å². The van der Waals surface area contributed by atoms with Crippen LogP contribution in [0.2, 0.25) is 0 Å². The summed E-state index contributed by atoms with van der Waals surface area (Å²) in [6, 6.07) is -0.978. The van der Waals surface area contributed by atoms with Crippen LogP contribution in [0, 0.1) is 0 Å². The second-order valence-electron chi connectivity index (χ2n) is 15.8. The minimum atomic E-state index is -1.97.